The van der Waals surface area contributed by atoms with Crippen LogP contribution in [-0.2, 0) is 0 Å². The summed E-state index contributed by atoms with van der Waals surface area (Å²) in [6.45, 7) is 0. The molecule has 3 rings (SSSR count). The third-order valence-corrected chi connectivity index (χ3v) is 6.53. The molecule has 2 aliphatic rings. The van der Waals surface area contributed by atoms with Crippen LogP contribution in [0.4, 0.5) is 8.78 Å². The van der Waals surface area contributed by atoms with Crippen molar-refractivity contribution in [3.8, 4) is 0 Å². The van der Waals surface area contributed by atoms with Crippen LogP contribution in [-0.4, -0.2) is 0 Å². The van der Waals surface area contributed by atoms with Crippen LogP contribution in [0.1, 0.15) is 55.3 Å². The van der Waals surface area contributed by atoms with Gasteiger partial charge in [0.1, 0.15) is 0 Å². The first-order valence-corrected chi connectivity index (χ1v) is 8.65. The number of hydrogen-bond acceptors (Lipinski definition) is 0. The van der Waals surface area contributed by atoms with E-state index < -0.39 is 11.6 Å². The normalized spacial score (nSPS) is 31.6. The first kappa shape index (κ1) is 14.5. The van der Waals surface area contributed by atoms with Crippen molar-refractivity contribution < 1.29 is 8.78 Å². The Kier molecular flexibility index (Phi) is 4.44. The zero-order valence-corrected chi connectivity index (χ0v) is 13.2. The molecule has 0 aliphatic heterocycles. The van der Waals surface area contributed by atoms with Crippen LogP contribution in [0.3, 0.4) is 0 Å². The fourth-order valence-corrected chi connectivity index (χ4v) is 4.90. The number of hydrogen-bond donors (Lipinski definition) is 0. The van der Waals surface area contributed by atoms with E-state index in [4.69, 9.17) is 0 Å². The summed E-state index contributed by atoms with van der Waals surface area (Å²) in [5.41, 5.74) is 0.878. The molecule has 3 heteroatoms. The second-order valence-corrected chi connectivity index (χ2v) is 7.44. The smallest absolute Gasteiger partial charge is 0.159 e. The fourth-order valence-electron chi connectivity index (χ4n) is 4.13. The minimum absolute atomic E-state index is 0.153. The van der Waals surface area contributed by atoms with Crippen LogP contribution in [0.5, 0.6) is 0 Å². The highest BCUT2D eigenvalue weighted by molar-refractivity contribution is 9.09. The zero-order valence-electron chi connectivity index (χ0n) is 11.6. The maximum atomic E-state index is 13.4. The molecule has 110 valence electrons. The maximum Gasteiger partial charge on any atom is 0.159 e. The molecule has 1 aromatic rings. The van der Waals surface area contributed by atoms with E-state index in [-0.39, 0.29) is 4.83 Å². The summed E-state index contributed by atoms with van der Waals surface area (Å²) in [7, 11) is 0. The molecule has 2 saturated carbocycles. The highest BCUT2D eigenvalue weighted by Gasteiger charge is 2.35. The summed E-state index contributed by atoms with van der Waals surface area (Å²) in [5.74, 6) is 0.833. The molecule has 2 fully saturated rings. The average molecular weight is 343 g/mol. The van der Waals surface area contributed by atoms with Gasteiger partial charge < -0.3 is 0 Å². The van der Waals surface area contributed by atoms with Gasteiger partial charge in [-0.3, -0.25) is 0 Å². The number of alkyl halides is 1. The van der Waals surface area contributed by atoms with Gasteiger partial charge in [0.2, 0.25) is 0 Å². The largest absolute Gasteiger partial charge is 0.204 e. The molecule has 0 N–H and O–H groups in total. The number of benzene rings is 1. The van der Waals surface area contributed by atoms with Crippen molar-refractivity contribution in [2.45, 2.75) is 49.8 Å². The van der Waals surface area contributed by atoms with Crippen LogP contribution >= 0.6 is 15.9 Å². The van der Waals surface area contributed by atoms with Gasteiger partial charge in [0, 0.05) is 4.83 Å². The Hall–Kier alpha value is -0.440. The maximum absolute atomic E-state index is 13.4. The molecule has 0 radical (unpaired) electrons. The molecule has 20 heavy (non-hydrogen) atoms. The topological polar surface area (TPSA) is 0 Å². The van der Waals surface area contributed by atoms with E-state index >= 15 is 0 Å². The van der Waals surface area contributed by atoms with E-state index in [9.17, 15) is 8.78 Å². The van der Waals surface area contributed by atoms with Gasteiger partial charge >= 0.3 is 0 Å². The summed E-state index contributed by atoms with van der Waals surface area (Å²) in [4.78, 5) is 0.153. The van der Waals surface area contributed by atoms with Gasteiger partial charge in [-0.25, -0.2) is 8.78 Å². The third-order valence-electron chi connectivity index (χ3n) is 5.26. The van der Waals surface area contributed by atoms with E-state index in [1.165, 1.54) is 57.1 Å². The van der Waals surface area contributed by atoms with Crippen molar-refractivity contribution in [2.24, 2.45) is 17.8 Å². The Balaban J connectivity index is 1.70. The van der Waals surface area contributed by atoms with Crippen LogP contribution in [0, 0.1) is 29.4 Å². The molecule has 2 aliphatic carbocycles. The predicted octanol–water partition coefficient (Wildman–Crippen LogP) is 6.01. The van der Waals surface area contributed by atoms with Gasteiger partial charge in [-0.15, -0.1) is 0 Å². The van der Waals surface area contributed by atoms with E-state index in [1.807, 2.05) is 0 Å². The minimum atomic E-state index is -0.760. The second-order valence-electron chi connectivity index (χ2n) is 6.45. The van der Waals surface area contributed by atoms with Gasteiger partial charge in [-0.2, -0.15) is 0 Å². The highest BCUT2D eigenvalue weighted by atomic mass is 79.9. The van der Waals surface area contributed by atoms with Crippen LogP contribution < -0.4 is 0 Å². The Morgan fingerprint density at radius 3 is 2.45 bits per heavy atom. The Bertz CT molecular complexity index is 474. The Morgan fingerprint density at radius 2 is 1.70 bits per heavy atom. The lowest BCUT2D eigenvalue weighted by Gasteiger charge is -2.41. The molecule has 0 heterocycles. The summed E-state index contributed by atoms with van der Waals surface area (Å²) in [5, 5.41) is 0. The van der Waals surface area contributed by atoms with E-state index in [0.29, 0.717) is 5.92 Å². The van der Waals surface area contributed by atoms with Crippen molar-refractivity contribution >= 4 is 15.9 Å². The van der Waals surface area contributed by atoms with Crippen molar-refractivity contribution in [2.75, 3.05) is 0 Å². The summed E-state index contributed by atoms with van der Waals surface area (Å²) < 4.78 is 26.4. The minimum Gasteiger partial charge on any atom is -0.204 e. The molecular weight excluding hydrogens is 322 g/mol. The Labute approximate surface area is 128 Å². The molecular formula is C17H21BrF2. The van der Waals surface area contributed by atoms with Crippen LogP contribution in [0.15, 0.2) is 18.2 Å². The van der Waals surface area contributed by atoms with Crippen LogP contribution in [0.25, 0.3) is 0 Å². The molecule has 0 bridgehead atoms. The van der Waals surface area contributed by atoms with Crippen molar-refractivity contribution in [1.82, 2.24) is 0 Å². The number of halogens is 3. The molecule has 0 saturated heterocycles. The van der Waals surface area contributed by atoms with E-state index in [0.717, 1.165) is 17.4 Å². The molecule has 0 nitrogen and oxygen atoms in total. The van der Waals surface area contributed by atoms with E-state index in [2.05, 4.69) is 15.9 Å². The fraction of sp³-hybridized carbons (Fsp3) is 0.647. The van der Waals surface area contributed by atoms with Crippen molar-refractivity contribution in [3.05, 3.63) is 35.4 Å². The number of rotatable bonds is 2. The van der Waals surface area contributed by atoms with Gasteiger partial charge in [-0.05, 0) is 54.7 Å². The number of fused-ring (bicyclic) bond motifs is 1. The summed E-state index contributed by atoms with van der Waals surface area (Å²) >= 11 is 3.73. The second kappa shape index (κ2) is 6.13. The quantitative estimate of drug-likeness (QED) is 0.577. The van der Waals surface area contributed by atoms with Gasteiger partial charge in [0.15, 0.2) is 11.6 Å². The monoisotopic (exact) mass is 342 g/mol. The molecule has 0 aromatic heterocycles. The van der Waals surface area contributed by atoms with E-state index in [1.54, 1.807) is 6.07 Å². The lowest BCUT2D eigenvalue weighted by molar-refractivity contribution is 0.129. The van der Waals surface area contributed by atoms with Gasteiger partial charge in [0.25, 0.3) is 0 Å². The van der Waals surface area contributed by atoms with Crippen molar-refractivity contribution in [3.63, 3.8) is 0 Å². The molecule has 0 spiro atoms. The van der Waals surface area contributed by atoms with Crippen molar-refractivity contribution in [1.29, 1.82) is 0 Å². The highest BCUT2D eigenvalue weighted by Crippen LogP contribution is 2.48. The first-order valence-electron chi connectivity index (χ1n) is 7.74. The average Bonchev–Trinajstić information content (AvgIpc) is 2.49. The standard InChI is InChI=1S/C17H21BrF2/c18-17(14-7-8-15(19)16(20)10-14)13-6-5-11-3-1-2-4-12(11)9-13/h7-8,10-13,17H,1-6,9H2. The molecule has 0 amide bonds. The van der Waals surface area contributed by atoms with Gasteiger partial charge in [0.05, 0.1) is 0 Å². The summed E-state index contributed by atoms with van der Waals surface area (Å²) in [6, 6.07) is 4.30. The first-order chi connectivity index (χ1) is 9.65. The lowest BCUT2D eigenvalue weighted by atomic mass is 9.66. The van der Waals surface area contributed by atoms with Crippen LogP contribution in [0.2, 0.25) is 0 Å². The summed E-state index contributed by atoms with van der Waals surface area (Å²) in [6.07, 6.45) is 9.27. The zero-order chi connectivity index (χ0) is 14.1. The molecule has 4 atom stereocenters. The Morgan fingerprint density at radius 1 is 0.950 bits per heavy atom. The third kappa shape index (κ3) is 2.93. The molecule has 1 aromatic carbocycles. The predicted molar refractivity (Wildman–Crippen MR) is 80.8 cm³/mol. The van der Waals surface area contributed by atoms with Gasteiger partial charge in [-0.1, -0.05) is 47.7 Å². The SMILES string of the molecule is Fc1ccc(C(Br)C2CCC3CCCCC3C2)cc1F. The molecule has 4 unspecified atom stereocenters. The lowest BCUT2D eigenvalue weighted by Crippen LogP contribution is -2.29.